The van der Waals surface area contributed by atoms with Crippen molar-refractivity contribution in [3.8, 4) is 0 Å². The Balaban J connectivity index is 2.32. The van der Waals surface area contributed by atoms with Gasteiger partial charge in [-0.3, -0.25) is 4.79 Å². The molecule has 0 heterocycles. The molecule has 0 saturated heterocycles. The Bertz CT molecular complexity index is 721. The smallest absolute Gasteiger partial charge is 0.258 e. The molecule has 2 aromatic rings. The number of rotatable bonds is 3. The molecule has 0 radical (unpaired) electrons. The average Bonchev–Trinajstić information content (AvgIpc) is 2.48. The molecule has 108 valence electrons. The Hall–Kier alpha value is -1.18. The second-order valence-electron chi connectivity index (χ2n) is 4.41. The molecule has 0 saturated carbocycles. The maximum atomic E-state index is 12.5. The Labute approximate surface area is 147 Å². The zero-order chi connectivity index (χ0) is 15.6. The summed E-state index contributed by atoms with van der Waals surface area (Å²) in [6.07, 6.45) is 0. The third-order valence-electron chi connectivity index (χ3n) is 2.99. The Kier molecular flexibility index (Phi) is 5.18. The number of benzene rings is 2. The third kappa shape index (κ3) is 3.72. The number of nitrogens with zero attached hydrogens (tertiary/aromatic N) is 1. The molecule has 0 aromatic heterocycles. The molecule has 1 amide bonds. The van der Waals surface area contributed by atoms with Crippen molar-refractivity contribution >= 4 is 63.0 Å². The third-order valence-corrected chi connectivity index (χ3v) is 4.80. The van der Waals surface area contributed by atoms with Crippen molar-refractivity contribution in [1.29, 1.82) is 0 Å². The van der Waals surface area contributed by atoms with Gasteiger partial charge in [0.15, 0.2) is 0 Å². The van der Waals surface area contributed by atoms with Crippen LogP contribution in [0.5, 0.6) is 0 Å². The van der Waals surface area contributed by atoms with Gasteiger partial charge in [-0.25, -0.2) is 0 Å². The van der Waals surface area contributed by atoms with Crippen molar-refractivity contribution in [2.45, 2.75) is 0 Å². The molecule has 2 rings (SSSR count). The second-order valence-corrected chi connectivity index (χ2v) is 6.42. The van der Waals surface area contributed by atoms with Crippen molar-refractivity contribution in [1.82, 2.24) is 0 Å². The average molecular weight is 431 g/mol. The molecule has 0 bridgehead atoms. The van der Waals surface area contributed by atoms with E-state index < -0.39 is 0 Å². The number of anilines is 1. The van der Waals surface area contributed by atoms with Gasteiger partial charge in [0.25, 0.3) is 5.91 Å². The van der Waals surface area contributed by atoms with Gasteiger partial charge in [0.2, 0.25) is 0 Å². The van der Waals surface area contributed by atoms with Crippen LogP contribution in [0.3, 0.4) is 0 Å². The molecule has 3 nitrogen and oxygen atoms in total. The molecule has 0 aliphatic heterocycles. The van der Waals surface area contributed by atoms with Crippen LogP contribution in [0.1, 0.15) is 15.9 Å². The van der Waals surface area contributed by atoms with Crippen molar-refractivity contribution < 1.29 is 4.79 Å². The largest absolute Gasteiger partial charge is 0.389 e. The van der Waals surface area contributed by atoms with E-state index in [1.54, 1.807) is 30.1 Å². The molecule has 0 aliphatic carbocycles. The van der Waals surface area contributed by atoms with Gasteiger partial charge in [0, 0.05) is 27.4 Å². The van der Waals surface area contributed by atoms with Crippen molar-refractivity contribution in [2.75, 3.05) is 11.9 Å². The van der Waals surface area contributed by atoms with E-state index in [2.05, 4.69) is 22.6 Å². The summed E-state index contributed by atoms with van der Waals surface area (Å²) >= 11 is 13.1. The Morgan fingerprint density at radius 2 is 1.95 bits per heavy atom. The molecular weight excluding hydrogens is 419 g/mol. The van der Waals surface area contributed by atoms with E-state index in [0.717, 1.165) is 14.8 Å². The highest BCUT2D eigenvalue weighted by molar-refractivity contribution is 14.1. The molecule has 21 heavy (non-hydrogen) atoms. The van der Waals surface area contributed by atoms with Gasteiger partial charge >= 0.3 is 0 Å². The molecule has 0 spiro atoms. The number of hydrogen-bond donors (Lipinski definition) is 1. The predicted octanol–water partition coefficient (Wildman–Crippen LogP) is 3.86. The van der Waals surface area contributed by atoms with Gasteiger partial charge in [0.1, 0.15) is 4.99 Å². The minimum Gasteiger partial charge on any atom is -0.389 e. The summed E-state index contributed by atoms with van der Waals surface area (Å²) < 4.78 is 0.906. The summed E-state index contributed by atoms with van der Waals surface area (Å²) in [5.41, 5.74) is 7.59. The van der Waals surface area contributed by atoms with Gasteiger partial charge in [-0.1, -0.05) is 36.0 Å². The molecule has 2 N–H and O–H groups in total. The summed E-state index contributed by atoms with van der Waals surface area (Å²) in [5.74, 6) is -0.145. The van der Waals surface area contributed by atoms with Gasteiger partial charge in [-0.2, -0.15) is 0 Å². The summed E-state index contributed by atoms with van der Waals surface area (Å²) in [7, 11) is 1.70. The van der Waals surface area contributed by atoms with Crippen LogP contribution in [0.25, 0.3) is 0 Å². The first-order chi connectivity index (χ1) is 9.90. The highest BCUT2D eigenvalue weighted by Gasteiger charge is 2.15. The first-order valence-corrected chi connectivity index (χ1v) is 7.89. The van der Waals surface area contributed by atoms with E-state index in [1.807, 2.05) is 24.3 Å². The lowest BCUT2D eigenvalue weighted by Gasteiger charge is -2.18. The fraction of sp³-hybridized carbons (Fsp3) is 0.0667. The van der Waals surface area contributed by atoms with Gasteiger partial charge in [0.05, 0.1) is 5.02 Å². The van der Waals surface area contributed by atoms with Crippen LogP contribution in [0.2, 0.25) is 5.02 Å². The van der Waals surface area contributed by atoms with Gasteiger partial charge in [-0.05, 0) is 52.9 Å². The number of carbonyl (C=O) groups is 1. The van der Waals surface area contributed by atoms with Crippen LogP contribution >= 0.6 is 46.4 Å². The monoisotopic (exact) mass is 430 g/mol. The van der Waals surface area contributed by atoms with E-state index in [0.29, 0.717) is 15.6 Å². The number of carbonyl (C=O) groups excluding carboxylic acids is 1. The molecule has 0 unspecified atom stereocenters. The first-order valence-electron chi connectivity index (χ1n) is 6.03. The normalized spacial score (nSPS) is 10.2. The van der Waals surface area contributed by atoms with Crippen LogP contribution in [0, 0.1) is 3.57 Å². The Morgan fingerprint density at radius 1 is 1.24 bits per heavy atom. The molecule has 0 atom stereocenters. The minimum absolute atomic E-state index is 0.145. The maximum Gasteiger partial charge on any atom is 0.258 e. The van der Waals surface area contributed by atoms with E-state index in [-0.39, 0.29) is 5.91 Å². The van der Waals surface area contributed by atoms with Crippen LogP contribution < -0.4 is 10.6 Å². The SMILES string of the molecule is CN(C(=O)c1ccc(I)c(Cl)c1)c1cccc(C(N)=S)c1. The predicted molar refractivity (Wildman–Crippen MR) is 99.2 cm³/mol. The highest BCUT2D eigenvalue weighted by Crippen LogP contribution is 2.22. The minimum atomic E-state index is -0.145. The molecule has 2 aromatic carbocycles. The Morgan fingerprint density at radius 3 is 2.57 bits per heavy atom. The van der Waals surface area contributed by atoms with Gasteiger partial charge < -0.3 is 10.6 Å². The standard InChI is InChI=1S/C15H12ClIN2OS/c1-19(11-4-2-3-9(7-11)14(18)21)15(20)10-5-6-13(17)12(16)8-10/h2-8H,1H3,(H2,18,21). The number of halogens is 2. The number of amides is 1. The number of hydrogen-bond acceptors (Lipinski definition) is 2. The quantitative estimate of drug-likeness (QED) is 0.594. The lowest BCUT2D eigenvalue weighted by Crippen LogP contribution is -2.26. The summed E-state index contributed by atoms with van der Waals surface area (Å²) in [6.45, 7) is 0. The summed E-state index contributed by atoms with van der Waals surface area (Å²) in [5, 5.41) is 0.562. The van der Waals surface area contributed by atoms with E-state index in [1.165, 1.54) is 0 Å². The van der Waals surface area contributed by atoms with Crippen LogP contribution in [0.15, 0.2) is 42.5 Å². The lowest BCUT2D eigenvalue weighted by atomic mass is 10.1. The van der Waals surface area contributed by atoms with Crippen molar-refractivity contribution in [2.24, 2.45) is 5.73 Å². The molecule has 0 aliphatic rings. The van der Waals surface area contributed by atoms with E-state index >= 15 is 0 Å². The van der Waals surface area contributed by atoms with Crippen LogP contribution in [0.4, 0.5) is 5.69 Å². The zero-order valence-corrected chi connectivity index (χ0v) is 14.9. The first kappa shape index (κ1) is 16.2. The zero-order valence-electron chi connectivity index (χ0n) is 11.1. The fourth-order valence-corrected chi connectivity index (χ4v) is 2.45. The van der Waals surface area contributed by atoms with Crippen LogP contribution in [-0.2, 0) is 0 Å². The molecule has 6 heteroatoms. The maximum absolute atomic E-state index is 12.5. The van der Waals surface area contributed by atoms with E-state index in [9.17, 15) is 4.79 Å². The molecular formula is C15H12ClIN2OS. The highest BCUT2D eigenvalue weighted by atomic mass is 127. The number of nitrogens with two attached hydrogens (primary N) is 1. The van der Waals surface area contributed by atoms with E-state index in [4.69, 9.17) is 29.6 Å². The summed E-state index contributed by atoms with van der Waals surface area (Å²) in [4.78, 5) is 14.3. The lowest BCUT2D eigenvalue weighted by molar-refractivity contribution is 0.0993. The number of thiocarbonyl (C=S) groups is 1. The van der Waals surface area contributed by atoms with Crippen LogP contribution in [-0.4, -0.2) is 17.9 Å². The summed E-state index contributed by atoms with van der Waals surface area (Å²) in [6, 6.07) is 12.5. The van der Waals surface area contributed by atoms with Gasteiger partial charge in [-0.15, -0.1) is 0 Å². The second kappa shape index (κ2) is 6.72. The topological polar surface area (TPSA) is 46.3 Å². The van der Waals surface area contributed by atoms with Crippen molar-refractivity contribution in [3.05, 3.63) is 62.2 Å². The van der Waals surface area contributed by atoms with Crippen molar-refractivity contribution in [3.63, 3.8) is 0 Å². The fourth-order valence-electron chi connectivity index (χ4n) is 1.81. The molecule has 0 fully saturated rings.